The lowest BCUT2D eigenvalue weighted by Gasteiger charge is -2.07. The third-order valence-electron chi connectivity index (χ3n) is 2.10. The molecule has 0 atom stereocenters. The van der Waals surface area contributed by atoms with Crippen molar-refractivity contribution in [2.45, 2.75) is 6.61 Å². The standard InChI is InChI=1S/C12H9BrClFN2O2/c1-18-6-11-16-10(14)5-12(17-11)19-9-3-2-7(13)4-8(9)15/h2-5H,6H2,1H3. The Hall–Kier alpha value is -1.24. The molecule has 19 heavy (non-hydrogen) atoms. The fourth-order valence-corrected chi connectivity index (χ4v) is 1.88. The molecule has 0 saturated heterocycles. The number of nitrogens with zero attached hydrogens (tertiary/aromatic N) is 2. The first-order valence-corrected chi connectivity index (χ1v) is 6.41. The molecule has 0 amide bonds. The van der Waals surface area contributed by atoms with Gasteiger partial charge in [0.15, 0.2) is 17.4 Å². The summed E-state index contributed by atoms with van der Waals surface area (Å²) in [7, 11) is 1.51. The largest absolute Gasteiger partial charge is 0.436 e. The molecule has 0 N–H and O–H groups in total. The lowest BCUT2D eigenvalue weighted by molar-refractivity contribution is 0.177. The third kappa shape index (κ3) is 3.86. The quantitative estimate of drug-likeness (QED) is 0.785. The highest BCUT2D eigenvalue weighted by Gasteiger charge is 2.09. The first-order chi connectivity index (χ1) is 9.08. The Bertz CT molecular complexity index is 598. The van der Waals surface area contributed by atoms with Crippen LogP contribution >= 0.6 is 27.5 Å². The van der Waals surface area contributed by atoms with E-state index in [2.05, 4.69) is 25.9 Å². The van der Waals surface area contributed by atoms with Crippen LogP contribution in [0.1, 0.15) is 5.82 Å². The maximum Gasteiger partial charge on any atom is 0.224 e. The third-order valence-corrected chi connectivity index (χ3v) is 2.79. The summed E-state index contributed by atoms with van der Waals surface area (Å²) in [5.41, 5.74) is 0. The van der Waals surface area contributed by atoms with Crippen molar-refractivity contribution in [1.29, 1.82) is 0 Å². The summed E-state index contributed by atoms with van der Waals surface area (Å²) in [5.74, 6) is 0.0783. The first kappa shape index (κ1) is 14.2. The molecule has 1 aromatic heterocycles. The van der Waals surface area contributed by atoms with E-state index in [9.17, 15) is 4.39 Å². The topological polar surface area (TPSA) is 44.2 Å². The van der Waals surface area contributed by atoms with E-state index in [1.807, 2.05) is 0 Å². The van der Waals surface area contributed by atoms with Crippen molar-refractivity contribution < 1.29 is 13.9 Å². The van der Waals surface area contributed by atoms with Crippen molar-refractivity contribution in [1.82, 2.24) is 9.97 Å². The van der Waals surface area contributed by atoms with Crippen LogP contribution < -0.4 is 4.74 Å². The molecule has 0 aliphatic heterocycles. The van der Waals surface area contributed by atoms with Crippen LogP contribution in [0.4, 0.5) is 4.39 Å². The fourth-order valence-electron chi connectivity index (χ4n) is 1.36. The van der Waals surface area contributed by atoms with Crippen LogP contribution in [-0.2, 0) is 11.3 Å². The Kier molecular flexibility index (Phi) is 4.68. The van der Waals surface area contributed by atoms with Gasteiger partial charge in [-0.2, -0.15) is 4.98 Å². The average Bonchev–Trinajstić information content (AvgIpc) is 2.32. The highest BCUT2D eigenvalue weighted by Crippen LogP contribution is 2.26. The average molecular weight is 348 g/mol. The van der Waals surface area contributed by atoms with E-state index in [-0.39, 0.29) is 23.4 Å². The summed E-state index contributed by atoms with van der Waals surface area (Å²) in [5, 5.41) is 0.203. The molecule has 0 radical (unpaired) electrons. The van der Waals surface area contributed by atoms with Crippen LogP contribution in [0.2, 0.25) is 5.15 Å². The molecule has 2 aromatic rings. The van der Waals surface area contributed by atoms with Crippen LogP contribution in [0.3, 0.4) is 0 Å². The van der Waals surface area contributed by atoms with E-state index in [1.165, 1.54) is 25.3 Å². The van der Waals surface area contributed by atoms with E-state index >= 15 is 0 Å². The van der Waals surface area contributed by atoms with Gasteiger partial charge in [0.2, 0.25) is 5.88 Å². The van der Waals surface area contributed by atoms with Gasteiger partial charge in [-0.25, -0.2) is 9.37 Å². The second-order valence-electron chi connectivity index (χ2n) is 3.55. The molecule has 0 fully saturated rings. The minimum atomic E-state index is -0.502. The van der Waals surface area contributed by atoms with Crippen molar-refractivity contribution in [2.75, 3.05) is 7.11 Å². The zero-order chi connectivity index (χ0) is 13.8. The van der Waals surface area contributed by atoms with Crippen molar-refractivity contribution in [3.05, 3.63) is 45.5 Å². The predicted octanol–water partition coefficient (Wildman–Crippen LogP) is 3.97. The number of hydrogen-bond donors (Lipinski definition) is 0. The molecule has 0 spiro atoms. The minimum absolute atomic E-state index is 0.0568. The van der Waals surface area contributed by atoms with Gasteiger partial charge in [0.25, 0.3) is 0 Å². The number of halogens is 3. The molecule has 0 aliphatic carbocycles. The summed E-state index contributed by atoms with van der Waals surface area (Å²) < 4.78 is 24.5. The number of rotatable bonds is 4. The van der Waals surface area contributed by atoms with Gasteiger partial charge in [-0.3, -0.25) is 0 Å². The molecule has 100 valence electrons. The van der Waals surface area contributed by atoms with E-state index in [1.54, 1.807) is 6.07 Å². The second-order valence-corrected chi connectivity index (χ2v) is 4.86. The van der Waals surface area contributed by atoms with Crippen LogP contribution in [0, 0.1) is 5.82 Å². The fraction of sp³-hybridized carbons (Fsp3) is 0.167. The van der Waals surface area contributed by atoms with Gasteiger partial charge in [0, 0.05) is 17.6 Å². The summed E-state index contributed by atoms with van der Waals surface area (Å²) in [6.45, 7) is 0.194. The molecule has 1 heterocycles. The Balaban J connectivity index is 2.27. The lowest BCUT2D eigenvalue weighted by Crippen LogP contribution is -2.00. The monoisotopic (exact) mass is 346 g/mol. The summed E-state index contributed by atoms with van der Waals surface area (Å²) in [6.07, 6.45) is 0. The molecule has 4 nitrogen and oxygen atoms in total. The van der Waals surface area contributed by atoms with Crippen molar-refractivity contribution in [2.24, 2.45) is 0 Å². The van der Waals surface area contributed by atoms with E-state index < -0.39 is 5.82 Å². The molecule has 2 rings (SSSR count). The van der Waals surface area contributed by atoms with E-state index in [0.717, 1.165) is 0 Å². The van der Waals surface area contributed by atoms with Gasteiger partial charge in [-0.15, -0.1) is 0 Å². The van der Waals surface area contributed by atoms with Crippen LogP contribution in [0.25, 0.3) is 0 Å². The van der Waals surface area contributed by atoms with E-state index in [0.29, 0.717) is 10.3 Å². The van der Waals surface area contributed by atoms with Gasteiger partial charge < -0.3 is 9.47 Å². The minimum Gasteiger partial charge on any atom is -0.436 e. The highest BCUT2D eigenvalue weighted by atomic mass is 79.9. The highest BCUT2D eigenvalue weighted by molar-refractivity contribution is 9.10. The van der Waals surface area contributed by atoms with Crippen molar-refractivity contribution in [3.8, 4) is 11.6 Å². The normalized spacial score (nSPS) is 10.5. The van der Waals surface area contributed by atoms with Gasteiger partial charge in [0.1, 0.15) is 11.8 Å². The van der Waals surface area contributed by atoms with Crippen molar-refractivity contribution in [3.63, 3.8) is 0 Å². The molecule has 1 aromatic carbocycles. The predicted molar refractivity (Wildman–Crippen MR) is 71.9 cm³/mol. The zero-order valence-electron chi connectivity index (χ0n) is 9.86. The summed E-state index contributed by atoms with van der Waals surface area (Å²) >= 11 is 9.00. The van der Waals surface area contributed by atoms with Crippen LogP contribution in [0.15, 0.2) is 28.7 Å². The molecular weight excluding hydrogens is 338 g/mol. The Morgan fingerprint density at radius 2 is 2.11 bits per heavy atom. The molecule has 0 saturated carbocycles. The zero-order valence-corrected chi connectivity index (χ0v) is 12.2. The first-order valence-electron chi connectivity index (χ1n) is 5.24. The molecule has 0 unspecified atom stereocenters. The van der Waals surface area contributed by atoms with Crippen molar-refractivity contribution >= 4 is 27.5 Å². The van der Waals surface area contributed by atoms with Gasteiger partial charge in [0.05, 0.1) is 0 Å². The second kappa shape index (κ2) is 6.27. The number of aromatic nitrogens is 2. The maximum absolute atomic E-state index is 13.6. The van der Waals surface area contributed by atoms with Gasteiger partial charge in [-0.05, 0) is 18.2 Å². The Labute approximate surface area is 122 Å². The number of benzene rings is 1. The molecule has 0 bridgehead atoms. The maximum atomic E-state index is 13.6. The molecular formula is C12H9BrClFN2O2. The Morgan fingerprint density at radius 1 is 1.32 bits per heavy atom. The number of ether oxygens (including phenoxy) is 2. The Morgan fingerprint density at radius 3 is 2.79 bits per heavy atom. The summed E-state index contributed by atoms with van der Waals surface area (Å²) in [4.78, 5) is 8.01. The lowest BCUT2D eigenvalue weighted by atomic mass is 10.3. The smallest absolute Gasteiger partial charge is 0.224 e. The number of hydrogen-bond acceptors (Lipinski definition) is 4. The SMILES string of the molecule is COCc1nc(Cl)cc(Oc2ccc(Br)cc2F)n1. The van der Waals surface area contributed by atoms with Crippen LogP contribution in [-0.4, -0.2) is 17.1 Å². The van der Waals surface area contributed by atoms with Gasteiger partial charge >= 0.3 is 0 Å². The summed E-state index contributed by atoms with van der Waals surface area (Å²) in [6, 6.07) is 5.86. The van der Waals surface area contributed by atoms with E-state index in [4.69, 9.17) is 21.1 Å². The molecule has 0 aliphatic rings. The number of methoxy groups -OCH3 is 1. The van der Waals surface area contributed by atoms with Crippen LogP contribution in [0.5, 0.6) is 11.6 Å². The molecule has 7 heteroatoms. The van der Waals surface area contributed by atoms with Gasteiger partial charge in [-0.1, -0.05) is 27.5 Å².